The summed E-state index contributed by atoms with van der Waals surface area (Å²) >= 11 is 0. The molecule has 4 heteroatoms. The fraction of sp³-hybridized carbons (Fsp3) is 0.333. The fourth-order valence-electron chi connectivity index (χ4n) is 2.03. The highest BCUT2D eigenvalue weighted by molar-refractivity contribution is 5.69. The van der Waals surface area contributed by atoms with Gasteiger partial charge in [-0.25, -0.2) is 9.97 Å². The molecular weight excluding hydrogens is 238 g/mol. The van der Waals surface area contributed by atoms with Gasteiger partial charge in [-0.2, -0.15) is 0 Å². The van der Waals surface area contributed by atoms with Crippen LogP contribution in [0.2, 0.25) is 0 Å². The third-order valence-corrected chi connectivity index (χ3v) is 3.19. The molecule has 0 aliphatic carbocycles. The van der Waals surface area contributed by atoms with Crippen molar-refractivity contribution in [2.45, 2.75) is 27.3 Å². The minimum absolute atomic E-state index is 0.406. The van der Waals surface area contributed by atoms with Crippen LogP contribution in [0, 0.1) is 20.8 Å². The van der Waals surface area contributed by atoms with E-state index in [4.69, 9.17) is 10.5 Å². The van der Waals surface area contributed by atoms with E-state index in [1.165, 1.54) is 11.1 Å². The van der Waals surface area contributed by atoms with Crippen LogP contribution in [0.15, 0.2) is 18.2 Å². The molecule has 2 rings (SSSR count). The zero-order chi connectivity index (χ0) is 14.0. The van der Waals surface area contributed by atoms with E-state index < -0.39 is 0 Å². The van der Waals surface area contributed by atoms with Crippen LogP contribution in [-0.2, 0) is 6.54 Å². The van der Waals surface area contributed by atoms with E-state index in [1.807, 2.05) is 19.1 Å². The first-order chi connectivity index (χ1) is 9.05. The normalized spacial score (nSPS) is 10.6. The lowest BCUT2D eigenvalue weighted by Gasteiger charge is -2.12. The van der Waals surface area contributed by atoms with Gasteiger partial charge in [0.05, 0.1) is 18.5 Å². The van der Waals surface area contributed by atoms with Gasteiger partial charge in [0.2, 0.25) is 0 Å². The van der Waals surface area contributed by atoms with Gasteiger partial charge in [0, 0.05) is 12.1 Å². The Morgan fingerprint density at radius 2 is 1.74 bits per heavy atom. The zero-order valence-electron chi connectivity index (χ0n) is 11.8. The van der Waals surface area contributed by atoms with Crippen molar-refractivity contribution in [1.29, 1.82) is 0 Å². The van der Waals surface area contributed by atoms with Crippen LogP contribution in [0.4, 0.5) is 0 Å². The highest BCUT2D eigenvalue weighted by atomic mass is 16.5. The van der Waals surface area contributed by atoms with Gasteiger partial charge >= 0.3 is 0 Å². The number of hydrogen-bond donors (Lipinski definition) is 1. The summed E-state index contributed by atoms with van der Waals surface area (Å²) in [6.07, 6.45) is 0. The second-order valence-corrected chi connectivity index (χ2v) is 4.63. The maximum Gasteiger partial charge on any atom is 0.128 e. The Morgan fingerprint density at radius 3 is 2.37 bits per heavy atom. The topological polar surface area (TPSA) is 61.0 Å². The van der Waals surface area contributed by atoms with E-state index in [2.05, 4.69) is 29.9 Å². The van der Waals surface area contributed by atoms with Gasteiger partial charge < -0.3 is 10.5 Å². The molecule has 1 heterocycles. The van der Waals surface area contributed by atoms with Gasteiger partial charge in [-0.15, -0.1) is 0 Å². The highest BCUT2D eigenvalue weighted by Gasteiger charge is 2.11. The number of ether oxygens (including phenoxy) is 1. The molecule has 0 unspecified atom stereocenters. The van der Waals surface area contributed by atoms with Gasteiger partial charge in [-0.05, 0) is 50.1 Å². The SMILES string of the molecule is COc1cc(C)c(C)cc1-c1cc(CN)nc(C)n1. The molecular formula is C15H19N3O. The van der Waals surface area contributed by atoms with Crippen LogP contribution in [0.25, 0.3) is 11.3 Å². The van der Waals surface area contributed by atoms with Crippen molar-refractivity contribution in [3.63, 3.8) is 0 Å². The highest BCUT2D eigenvalue weighted by Crippen LogP contribution is 2.31. The fourth-order valence-corrected chi connectivity index (χ4v) is 2.03. The number of nitrogens with two attached hydrogens (primary N) is 1. The molecule has 100 valence electrons. The van der Waals surface area contributed by atoms with E-state index in [9.17, 15) is 0 Å². The molecule has 0 amide bonds. The average molecular weight is 257 g/mol. The Hall–Kier alpha value is -1.94. The molecule has 0 fully saturated rings. The van der Waals surface area contributed by atoms with Crippen molar-refractivity contribution in [2.24, 2.45) is 5.73 Å². The Labute approximate surface area is 113 Å². The minimum atomic E-state index is 0.406. The van der Waals surface area contributed by atoms with Crippen molar-refractivity contribution in [3.05, 3.63) is 40.8 Å². The molecule has 1 aromatic carbocycles. The molecule has 0 radical (unpaired) electrons. The summed E-state index contributed by atoms with van der Waals surface area (Å²) in [4.78, 5) is 8.78. The van der Waals surface area contributed by atoms with Crippen LogP contribution in [-0.4, -0.2) is 17.1 Å². The average Bonchev–Trinajstić information content (AvgIpc) is 2.40. The first-order valence-corrected chi connectivity index (χ1v) is 6.25. The Bertz CT molecular complexity index is 609. The smallest absolute Gasteiger partial charge is 0.128 e. The summed E-state index contributed by atoms with van der Waals surface area (Å²) in [7, 11) is 1.67. The van der Waals surface area contributed by atoms with Gasteiger partial charge in [-0.3, -0.25) is 0 Å². The first kappa shape index (κ1) is 13.5. The van der Waals surface area contributed by atoms with Crippen LogP contribution >= 0.6 is 0 Å². The summed E-state index contributed by atoms with van der Waals surface area (Å²) in [5.74, 6) is 1.54. The first-order valence-electron chi connectivity index (χ1n) is 6.25. The Morgan fingerprint density at radius 1 is 1.05 bits per heavy atom. The molecule has 0 bridgehead atoms. The molecule has 0 aliphatic heterocycles. The number of benzene rings is 1. The summed E-state index contributed by atoms with van der Waals surface area (Å²) in [6.45, 7) is 6.42. The van der Waals surface area contributed by atoms with E-state index in [0.29, 0.717) is 6.54 Å². The molecule has 2 aromatic rings. The monoisotopic (exact) mass is 257 g/mol. The number of rotatable bonds is 3. The molecule has 0 saturated carbocycles. The van der Waals surface area contributed by atoms with Crippen molar-refractivity contribution in [3.8, 4) is 17.0 Å². The zero-order valence-corrected chi connectivity index (χ0v) is 11.8. The predicted octanol–water partition coefficient (Wildman–Crippen LogP) is 2.54. The molecule has 0 atom stereocenters. The van der Waals surface area contributed by atoms with E-state index >= 15 is 0 Å². The number of aromatic nitrogens is 2. The third kappa shape index (κ3) is 2.74. The summed E-state index contributed by atoms with van der Waals surface area (Å²) in [5, 5.41) is 0. The maximum absolute atomic E-state index is 5.67. The van der Waals surface area contributed by atoms with Crippen molar-refractivity contribution >= 4 is 0 Å². The second-order valence-electron chi connectivity index (χ2n) is 4.63. The number of hydrogen-bond acceptors (Lipinski definition) is 4. The Balaban J connectivity index is 2.63. The molecule has 0 aliphatic rings. The lowest BCUT2D eigenvalue weighted by atomic mass is 10.0. The second kappa shape index (κ2) is 5.36. The third-order valence-electron chi connectivity index (χ3n) is 3.19. The van der Waals surface area contributed by atoms with Crippen molar-refractivity contribution in [1.82, 2.24) is 9.97 Å². The standard InChI is InChI=1S/C15H19N3O/c1-9-5-13(15(19-4)6-10(9)2)14-7-12(8-16)17-11(3)18-14/h5-7H,8,16H2,1-4H3. The molecule has 0 saturated heterocycles. The lowest BCUT2D eigenvalue weighted by molar-refractivity contribution is 0.416. The Kier molecular flexibility index (Phi) is 3.81. The summed E-state index contributed by atoms with van der Waals surface area (Å²) in [6, 6.07) is 6.04. The summed E-state index contributed by atoms with van der Waals surface area (Å²) < 4.78 is 5.46. The molecule has 4 nitrogen and oxygen atoms in total. The van der Waals surface area contributed by atoms with Crippen LogP contribution in [0.3, 0.4) is 0 Å². The van der Waals surface area contributed by atoms with Gasteiger partial charge in [0.25, 0.3) is 0 Å². The summed E-state index contributed by atoms with van der Waals surface area (Å²) in [5.41, 5.74) is 10.7. The number of aryl methyl sites for hydroxylation is 3. The quantitative estimate of drug-likeness (QED) is 0.918. The molecule has 2 N–H and O–H groups in total. The van der Waals surface area contributed by atoms with Crippen LogP contribution in [0.1, 0.15) is 22.6 Å². The van der Waals surface area contributed by atoms with E-state index in [1.54, 1.807) is 7.11 Å². The maximum atomic E-state index is 5.67. The van der Waals surface area contributed by atoms with Gasteiger partial charge in [-0.1, -0.05) is 0 Å². The van der Waals surface area contributed by atoms with E-state index in [-0.39, 0.29) is 0 Å². The van der Waals surface area contributed by atoms with Crippen molar-refractivity contribution in [2.75, 3.05) is 7.11 Å². The van der Waals surface area contributed by atoms with Gasteiger partial charge in [0.15, 0.2) is 0 Å². The molecule has 1 aromatic heterocycles. The predicted molar refractivity (Wildman–Crippen MR) is 76.1 cm³/mol. The van der Waals surface area contributed by atoms with Crippen LogP contribution < -0.4 is 10.5 Å². The van der Waals surface area contributed by atoms with Gasteiger partial charge in [0.1, 0.15) is 11.6 Å². The molecule has 19 heavy (non-hydrogen) atoms. The van der Waals surface area contributed by atoms with Crippen LogP contribution in [0.5, 0.6) is 5.75 Å². The molecule has 0 spiro atoms. The largest absolute Gasteiger partial charge is 0.496 e. The number of methoxy groups -OCH3 is 1. The lowest BCUT2D eigenvalue weighted by Crippen LogP contribution is -2.04. The number of nitrogens with zero attached hydrogens (tertiary/aromatic N) is 2. The van der Waals surface area contributed by atoms with Crippen molar-refractivity contribution < 1.29 is 4.74 Å². The minimum Gasteiger partial charge on any atom is -0.496 e. The van der Waals surface area contributed by atoms with E-state index in [0.717, 1.165) is 28.5 Å².